The van der Waals surface area contributed by atoms with E-state index < -0.39 is 0 Å². The lowest BCUT2D eigenvalue weighted by atomic mass is 9.96. The van der Waals surface area contributed by atoms with Crippen LogP contribution in [0, 0.1) is 5.92 Å². The molecule has 1 aromatic carbocycles. The van der Waals surface area contributed by atoms with E-state index >= 15 is 0 Å². The molecule has 3 fully saturated rings. The van der Waals surface area contributed by atoms with Crippen LogP contribution in [0.15, 0.2) is 29.3 Å². The smallest absolute Gasteiger partial charge is 0.191 e. The number of rotatable bonds is 6. The Bertz CT molecular complexity index is 665. The fourth-order valence-corrected chi connectivity index (χ4v) is 4.53. The summed E-state index contributed by atoms with van der Waals surface area (Å²) >= 11 is 0. The van der Waals surface area contributed by atoms with E-state index in [1.165, 1.54) is 24.9 Å². The minimum Gasteiger partial charge on any atom is -0.497 e. The molecular formula is C21H32N4O2. The second kappa shape index (κ2) is 8.38. The van der Waals surface area contributed by atoms with Crippen LogP contribution in [0.5, 0.6) is 5.75 Å². The second-order valence-electron chi connectivity index (χ2n) is 7.88. The molecule has 3 saturated heterocycles. The zero-order chi connectivity index (χ0) is 18.6. The van der Waals surface area contributed by atoms with Crippen LogP contribution in [0.4, 0.5) is 5.69 Å². The first kappa shape index (κ1) is 18.4. The lowest BCUT2D eigenvalue weighted by Gasteiger charge is -2.23. The van der Waals surface area contributed by atoms with Crippen molar-refractivity contribution in [1.82, 2.24) is 10.6 Å². The van der Waals surface area contributed by atoms with Gasteiger partial charge >= 0.3 is 0 Å². The van der Waals surface area contributed by atoms with Gasteiger partial charge in [-0.25, -0.2) is 0 Å². The zero-order valence-electron chi connectivity index (χ0n) is 16.5. The minimum absolute atomic E-state index is 0.369. The summed E-state index contributed by atoms with van der Waals surface area (Å²) < 4.78 is 11.3. The van der Waals surface area contributed by atoms with Crippen molar-refractivity contribution >= 4 is 11.6 Å². The highest BCUT2D eigenvalue weighted by molar-refractivity contribution is 5.80. The van der Waals surface area contributed by atoms with E-state index in [1.54, 1.807) is 7.11 Å². The first-order valence-corrected chi connectivity index (χ1v) is 10.3. The van der Waals surface area contributed by atoms with Crippen molar-refractivity contribution in [3.8, 4) is 5.75 Å². The van der Waals surface area contributed by atoms with Crippen molar-refractivity contribution in [2.75, 3.05) is 38.2 Å². The number of fused-ring (bicyclic) bond motifs is 2. The maximum atomic E-state index is 5.96. The standard InChI is InChI=1S/C21H32N4O2/c1-3-22-21(24-19-12-18-7-8-20(19)27-18)23-13-15-9-10-25(14-15)16-5-4-6-17(11-16)26-2/h4-6,11,15,18-20H,3,7-10,12-14H2,1-2H3,(H2,22,23,24). The molecule has 3 aliphatic heterocycles. The molecule has 0 radical (unpaired) electrons. The summed E-state index contributed by atoms with van der Waals surface area (Å²) in [4.78, 5) is 7.33. The summed E-state index contributed by atoms with van der Waals surface area (Å²) in [5.41, 5.74) is 1.24. The van der Waals surface area contributed by atoms with Crippen LogP contribution in [-0.4, -0.2) is 57.5 Å². The van der Waals surface area contributed by atoms with Crippen molar-refractivity contribution in [2.45, 2.75) is 50.9 Å². The average molecular weight is 373 g/mol. The number of nitrogens with zero attached hydrogens (tertiary/aromatic N) is 2. The van der Waals surface area contributed by atoms with E-state index in [-0.39, 0.29) is 0 Å². The summed E-state index contributed by atoms with van der Waals surface area (Å²) in [7, 11) is 1.72. The summed E-state index contributed by atoms with van der Waals surface area (Å²) in [5, 5.41) is 7.02. The first-order chi connectivity index (χ1) is 13.2. The molecule has 1 aromatic rings. The Morgan fingerprint density at radius 3 is 3.00 bits per heavy atom. The predicted molar refractivity (Wildman–Crippen MR) is 109 cm³/mol. The van der Waals surface area contributed by atoms with Gasteiger partial charge in [-0.3, -0.25) is 4.99 Å². The minimum atomic E-state index is 0.369. The van der Waals surface area contributed by atoms with Crippen molar-refractivity contribution in [3.63, 3.8) is 0 Å². The summed E-state index contributed by atoms with van der Waals surface area (Å²) in [6.07, 6.45) is 5.52. The van der Waals surface area contributed by atoms with Gasteiger partial charge < -0.3 is 25.0 Å². The molecular weight excluding hydrogens is 340 g/mol. The molecule has 0 amide bonds. The number of anilines is 1. The molecule has 6 heteroatoms. The monoisotopic (exact) mass is 372 g/mol. The van der Waals surface area contributed by atoms with E-state index in [1.807, 2.05) is 6.07 Å². The molecule has 4 unspecified atom stereocenters. The fraction of sp³-hybridized carbons (Fsp3) is 0.667. The van der Waals surface area contributed by atoms with Gasteiger partial charge in [0.05, 0.1) is 25.4 Å². The largest absolute Gasteiger partial charge is 0.497 e. The number of hydrogen-bond acceptors (Lipinski definition) is 4. The summed E-state index contributed by atoms with van der Waals surface area (Å²) in [6.45, 7) is 5.99. The van der Waals surface area contributed by atoms with Gasteiger partial charge in [-0.1, -0.05) is 6.07 Å². The third-order valence-electron chi connectivity index (χ3n) is 5.98. The average Bonchev–Trinajstić information content (AvgIpc) is 3.43. The molecule has 3 heterocycles. The molecule has 148 valence electrons. The van der Waals surface area contributed by atoms with E-state index in [0.29, 0.717) is 24.2 Å². The quantitative estimate of drug-likeness (QED) is 0.593. The molecule has 0 aromatic heterocycles. The molecule has 6 nitrogen and oxygen atoms in total. The third-order valence-corrected chi connectivity index (χ3v) is 5.98. The topological polar surface area (TPSA) is 58.1 Å². The molecule has 4 atom stereocenters. The van der Waals surface area contributed by atoms with Crippen LogP contribution in [0.2, 0.25) is 0 Å². The Morgan fingerprint density at radius 2 is 2.26 bits per heavy atom. The van der Waals surface area contributed by atoms with Crippen molar-refractivity contribution in [1.29, 1.82) is 0 Å². The van der Waals surface area contributed by atoms with Gasteiger partial charge in [0.25, 0.3) is 0 Å². The highest BCUT2D eigenvalue weighted by atomic mass is 16.5. The Hall–Kier alpha value is -1.95. The van der Waals surface area contributed by atoms with Crippen LogP contribution in [0.1, 0.15) is 32.6 Å². The molecule has 0 aliphatic carbocycles. The number of methoxy groups -OCH3 is 1. The van der Waals surface area contributed by atoms with Crippen molar-refractivity contribution in [3.05, 3.63) is 24.3 Å². The number of aliphatic imine (C=N–C) groups is 1. The molecule has 27 heavy (non-hydrogen) atoms. The molecule has 4 rings (SSSR count). The third kappa shape index (κ3) is 4.32. The maximum Gasteiger partial charge on any atom is 0.191 e. The van der Waals surface area contributed by atoms with E-state index in [4.69, 9.17) is 14.5 Å². The number of ether oxygens (including phenoxy) is 2. The van der Waals surface area contributed by atoms with Gasteiger partial charge in [-0.2, -0.15) is 0 Å². The Kier molecular flexibility index (Phi) is 5.72. The highest BCUT2D eigenvalue weighted by Crippen LogP contribution is 2.34. The lowest BCUT2D eigenvalue weighted by molar-refractivity contribution is 0.0992. The Balaban J connectivity index is 1.32. The van der Waals surface area contributed by atoms with E-state index in [9.17, 15) is 0 Å². The molecule has 3 aliphatic rings. The molecule has 0 spiro atoms. The Labute approximate surface area is 162 Å². The number of benzene rings is 1. The molecule has 2 N–H and O–H groups in total. The summed E-state index contributed by atoms with van der Waals surface area (Å²) in [6, 6.07) is 8.75. The normalized spacial score (nSPS) is 30.0. The van der Waals surface area contributed by atoms with Gasteiger partial charge in [0, 0.05) is 37.9 Å². The Morgan fingerprint density at radius 1 is 1.33 bits per heavy atom. The predicted octanol–water partition coefficient (Wildman–Crippen LogP) is 2.40. The SMILES string of the molecule is CCNC(=NCC1CCN(c2cccc(OC)c2)C1)NC1CC2CCC1O2. The summed E-state index contributed by atoms with van der Waals surface area (Å²) in [5.74, 6) is 2.45. The van der Waals surface area contributed by atoms with E-state index in [2.05, 4.69) is 40.7 Å². The number of nitrogens with one attached hydrogen (secondary N) is 2. The van der Waals surface area contributed by atoms with Crippen molar-refractivity contribution in [2.24, 2.45) is 10.9 Å². The zero-order valence-corrected chi connectivity index (χ0v) is 16.5. The lowest BCUT2D eigenvalue weighted by Crippen LogP contribution is -2.47. The van der Waals surface area contributed by atoms with Gasteiger partial charge in [0.15, 0.2) is 5.96 Å². The number of guanidine groups is 1. The molecule has 0 saturated carbocycles. The van der Waals surface area contributed by atoms with Crippen LogP contribution < -0.4 is 20.3 Å². The number of hydrogen-bond donors (Lipinski definition) is 2. The van der Waals surface area contributed by atoms with Gasteiger partial charge in [-0.15, -0.1) is 0 Å². The van der Waals surface area contributed by atoms with Gasteiger partial charge in [0.1, 0.15) is 5.75 Å². The second-order valence-corrected chi connectivity index (χ2v) is 7.88. The highest BCUT2D eigenvalue weighted by Gasteiger charge is 2.41. The van der Waals surface area contributed by atoms with Crippen molar-refractivity contribution < 1.29 is 9.47 Å². The van der Waals surface area contributed by atoms with Gasteiger partial charge in [-0.05, 0) is 50.7 Å². The first-order valence-electron chi connectivity index (χ1n) is 10.3. The van der Waals surface area contributed by atoms with Crippen LogP contribution in [-0.2, 0) is 4.74 Å². The molecule has 2 bridgehead atoms. The van der Waals surface area contributed by atoms with Crippen LogP contribution >= 0.6 is 0 Å². The fourth-order valence-electron chi connectivity index (χ4n) is 4.53. The van der Waals surface area contributed by atoms with E-state index in [0.717, 1.165) is 44.3 Å². The van der Waals surface area contributed by atoms with Crippen LogP contribution in [0.25, 0.3) is 0 Å². The van der Waals surface area contributed by atoms with Crippen LogP contribution in [0.3, 0.4) is 0 Å². The maximum absolute atomic E-state index is 5.96. The van der Waals surface area contributed by atoms with Gasteiger partial charge in [0.2, 0.25) is 0 Å².